The van der Waals surface area contributed by atoms with Crippen LogP contribution in [-0.2, 0) is 4.74 Å². The third-order valence-electron chi connectivity index (χ3n) is 1.13. The number of quaternary nitrogens is 1. The SMILES string of the molecule is C[N+](C)(C)CCOCCCl.[O-][Cl+3]([O-])([O-])[O-]. The lowest BCUT2D eigenvalue weighted by Gasteiger charge is -2.23. The van der Waals surface area contributed by atoms with Crippen molar-refractivity contribution in [3.8, 4) is 0 Å². The van der Waals surface area contributed by atoms with E-state index in [4.69, 9.17) is 35.0 Å². The maximum absolute atomic E-state index is 8.49. The van der Waals surface area contributed by atoms with Crippen molar-refractivity contribution < 1.29 is 38.1 Å². The van der Waals surface area contributed by atoms with Gasteiger partial charge in [-0.1, -0.05) is 0 Å². The Kier molecular flexibility index (Phi) is 10.0. The Morgan fingerprint density at radius 3 is 1.73 bits per heavy atom. The lowest BCUT2D eigenvalue weighted by Crippen LogP contribution is -2.68. The van der Waals surface area contributed by atoms with Crippen LogP contribution in [0.2, 0.25) is 0 Å². The van der Waals surface area contributed by atoms with Gasteiger partial charge in [-0.25, -0.2) is 18.6 Å². The van der Waals surface area contributed by atoms with Gasteiger partial charge in [-0.3, -0.25) is 0 Å². The Labute approximate surface area is 97.0 Å². The fourth-order valence-electron chi connectivity index (χ4n) is 0.495. The van der Waals surface area contributed by atoms with Crippen LogP contribution in [0.5, 0.6) is 0 Å². The van der Waals surface area contributed by atoms with Crippen molar-refractivity contribution in [3.63, 3.8) is 0 Å². The summed E-state index contributed by atoms with van der Waals surface area (Å²) in [6.07, 6.45) is 0. The number of alkyl halides is 1. The summed E-state index contributed by atoms with van der Waals surface area (Å²) in [4.78, 5) is 0. The van der Waals surface area contributed by atoms with Gasteiger partial charge in [0.1, 0.15) is 6.54 Å². The van der Waals surface area contributed by atoms with Gasteiger partial charge in [-0.05, 0) is 0 Å². The Hall–Kier alpha value is 0.340. The van der Waals surface area contributed by atoms with Crippen LogP contribution in [0.1, 0.15) is 0 Å². The minimum absolute atomic E-state index is 0.594. The third-order valence-corrected chi connectivity index (χ3v) is 1.28. The number of nitrogens with zero attached hydrogens (tertiary/aromatic N) is 1. The molecule has 94 valence electrons. The molecular weight excluding hydrogens is 249 g/mol. The summed E-state index contributed by atoms with van der Waals surface area (Å²) in [6.45, 7) is 2.51. The molecule has 0 radical (unpaired) electrons. The summed E-state index contributed by atoms with van der Waals surface area (Å²) in [5, 5.41) is 0. The van der Waals surface area contributed by atoms with Crippen molar-refractivity contribution in [3.05, 3.63) is 0 Å². The summed E-state index contributed by atoms with van der Waals surface area (Å²) >= 11 is 5.42. The van der Waals surface area contributed by atoms with Crippen molar-refractivity contribution in [1.29, 1.82) is 0 Å². The molecule has 0 atom stereocenters. The fourth-order valence-corrected chi connectivity index (χ4v) is 0.604. The number of hydrogen-bond acceptors (Lipinski definition) is 5. The van der Waals surface area contributed by atoms with Crippen LogP contribution in [0.15, 0.2) is 0 Å². The largest absolute Gasteiger partial charge is 0.374 e. The Morgan fingerprint density at radius 1 is 1.07 bits per heavy atom. The van der Waals surface area contributed by atoms with E-state index in [1.54, 1.807) is 0 Å². The van der Waals surface area contributed by atoms with Crippen molar-refractivity contribution >= 4 is 11.6 Å². The van der Waals surface area contributed by atoms with E-state index in [0.717, 1.165) is 17.6 Å². The second kappa shape index (κ2) is 8.49. The van der Waals surface area contributed by atoms with Gasteiger partial charge in [0.15, 0.2) is 0 Å². The monoisotopic (exact) mass is 265 g/mol. The van der Waals surface area contributed by atoms with Crippen molar-refractivity contribution in [2.24, 2.45) is 0 Å². The average molecular weight is 266 g/mol. The van der Waals surface area contributed by atoms with Crippen LogP contribution in [-0.4, -0.2) is 51.3 Å². The predicted molar refractivity (Wildman–Crippen MR) is 44.4 cm³/mol. The van der Waals surface area contributed by atoms with Crippen LogP contribution >= 0.6 is 11.6 Å². The summed E-state index contributed by atoms with van der Waals surface area (Å²) in [6, 6.07) is 0. The van der Waals surface area contributed by atoms with Gasteiger partial charge in [-0.15, -0.1) is 21.8 Å². The van der Waals surface area contributed by atoms with Crippen LogP contribution in [0, 0.1) is 10.2 Å². The molecule has 0 aliphatic carbocycles. The van der Waals surface area contributed by atoms with Gasteiger partial charge < -0.3 is 9.22 Å². The highest BCUT2D eigenvalue weighted by atomic mass is 35.7. The molecule has 15 heavy (non-hydrogen) atoms. The predicted octanol–water partition coefficient (Wildman–Crippen LogP) is -3.81. The molecule has 0 unspecified atom stereocenters. The third kappa shape index (κ3) is 40.5. The van der Waals surface area contributed by atoms with Crippen molar-refractivity contribution in [1.82, 2.24) is 0 Å². The average Bonchev–Trinajstić information content (AvgIpc) is 1.93. The number of hydrogen-bond donors (Lipinski definition) is 0. The molecule has 0 spiro atoms. The molecular formula is C7H17Cl2NO5. The highest BCUT2D eigenvalue weighted by Crippen LogP contribution is 1.89. The molecule has 0 fully saturated rings. The summed E-state index contributed by atoms with van der Waals surface area (Å²) < 4.78 is 40.1. The first-order chi connectivity index (χ1) is 6.56. The standard InChI is InChI=1S/C7H17ClNO.ClHO4/c1-9(2,3)5-7-10-6-4-8;2-1(3,4)5/h4-7H2,1-3H3;(H,2,3,4,5)/q+1;/p-1. The number of likely N-dealkylation sites (N-methyl/N-ethyl adjacent to an activating group) is 1. The van der Waals surface area contributed by atoms with Crippen LogP contribution in [0.25, 0.3) is 0 Å². The normalized spacial score (nSPS) is 12.0. The molecule has 0 amide bonds. The van der Waals surface area contributed by atoms with Crippen LogP contribution in [0.3, 0.4) is 0 Å². The molecule has 0 aliphatic rings. The molecule has 0 aliphatic heterocycles. The zero-order valence-corrected chi connectivity index (χ0v) is 10.6. The lowest BCUT2D eigenvalue weighted by atomic mass is 10.5. The first kappa shape index (κ1) is 17.7. The summed E-state index contributed by atoms with van der Waals surface area (Å²) in [5.41, 5.74) is 0. The van der Waals surface area contributed by atoms with E-state index in [9.17, 15) is 0 Å². The highest BCUT2D eigenvalue weighted by Gasteiger charge is 2.04. The molecule has 0 aromatic carbocycles. The molecule has 0 bridgehead atoms. The van der Waals surface area contributed by atoms with Crippen molar-refractivity contribution in [2.75, 3.05) is 46.8 Å². The molecule has 6 nitrogen and oxygen atoms in total. The molecule has 8 heteroatoms. The van der Waals surface area contributed by atoms with E-state index >= 15 is 0 Å². The van der Waals surface area contributed by atoms with Gasteiger partial charge in [0.25, 0.3) is 0 Å². The van der Waals surface area contributed by atoms with Gasteiger partial charge in [0.05, 0.1) is 34.4 Å². The molecule has 0 heterocycles. The Bertz CT molecular complexity index is 139. The maximum atomic E-state index is 8.49. The molecule has 0 N–H and O–H groups in total. The Morgan fingerprint density at radius 2 is 1.47 bits per heavy atom. The first-order valence-electron chi connectivity index (χ1n) is 4.12. The molecule has 0 saturated heterocycles. The van der Waals surface area contributed by atoms with Crippen LogP contribution < -0.4 is 18.6 Å². The second-order valence-corrected chi connectivity index (χ2v) is 4.83. The quantitative estimate of drug-likeness (QED) is 0.288. The molecule has 0 saturated carbocycles. The summed E-state index contributed by atoms with van der Waals surface area (Å²) in [7, 11) is 1.48. The van der Waals surface area contributed by atoms with E-state index in [0.29, 0.717) is 12.5 Å². The maximum Gasteiger partial charge on any atom is 0.102 e. The number of halogens is 2. The van der Waals surface area contributed by atoms with E-state index in [1.165, 1.54) is 0 Å². The minimum atomic E-state index is -4.94. The number of ether oxygens (including phenoxy) is 1. The second-order valence-electron chi connectivity index (χ2n) is 3.69. The zero-order valence-electron chi connectivity index (χ0n) is 9.07. The number of rotatable bonds is 5. The summed E-state index contributed by atoms with van der Waals surface area (Å²) in [5.74, 6) is 0.594. The molecule has 0 aromatic heterocycles. The van der Waals surface area contributed by atoms with E-state index < -0.39 is 10.2 Å². The zero-order chi connectivity index (χ0) is 12.5. The lowest BCUT2D eigenvalue weighted by molar-refractivity contribution is -2.00. The van der Waals surface area contributed by atoms with Gasteiger partial charge in [0.2, 0.25) is 0 Å². The van der Waals surface area contributed by atoms with E-state index in [1.807, 2.05) is 0 Å². The topological polar surface area (TPSA) is 101 Å². The van der Waals surface area contributed by atoms with Crippen LogP contribution in [0.4, 0.5) is 0 Å². The molecule has 0 aromatic rings. The highest BCUT2D eigenvalue weighted by molar-refractivity contribution is 6.17. The smallest absolute Gasteiger partial charge is 0.102 e. The molecule has 0 rings (SSSR count). The van der Waals surface area contributed by atoms with Gasteiger partial charge >= 0.3 is 0 Å². The van der Waals surface area contributed by atoms with E-state index in [-0.39, 0.29) is 0 Å². The Balaban J connectivity index is 0. The van der Waals surface area contributed by atoms with Crippen molar-refractivity contribution in [2.45, 2.75) is 0 Å². The van der Waals surface area contributed by atoms with E-state index in [2.05, 4.69) is 21.1 Å². The van der Waals surface area contributed by atoms with Gasteiger partial charge in [-0.2, -0.15) is 0 Å². The first-order valence-corrected chi connectivity index (χ1v) is 5.89. The minimum Gasteiger partial charge on any atom is -0.374 e. The van der Waals surface area contributed by atoms with Gasteiger partial charge in [0, 0.05) is 5.88 Å². The fraction of sp³-hybridized carbons (Fsp3) is 1.00.